The van der Waals surface area contributed by atoms with Crippen LogP contribution in [0.5, 0.6) is 0 Å². The third-order valence-electron chi connectivity index (χ3n) is 5.84. The van der Waals surface area contributed by atoms with Crippen LogP contribution in [-0.2, 0) is 9.59 Å². The van der Waals surface area contributed by atoms with Gasteiger partial charge in [0.15, 0.2) is 0 Å². The Hall–Kier alpha value is -1.10. The van der Waals surface area contributed by atoms with Crippen LogP contribution in [0.3, 0.4) is 0 Å². The van der Waals surface area contributed by atoms with Crippen LogP contribution in [0.2, 0.25) is 0 Å². The minimum absolute atomic E-state index is 0.144. The van der Waals surface area contributed by atoms with Gasteiger partial charge in [-0.15, -0.1) is 0 Å². The van der Waals surface area contributed by atoms with Crippen molar-refractivity contribution in [2.75, 3.05) is 19.6 Å². The predicted octanol–water partition coefficient (Wildman–Crippen LogP) is 1.58. The summed E-state index contributed by atoms with van der Waals surface area (Å²) in [6, 6.07) is 0.281. The Kier molecular flexibility index (Phi) is 5.92. The van der Waals surface area contributed by atoms with Crippen LogP contribution in [0.15, 0.2) is 0 Å². The van der Waals surface area contributed by atoms with Gasteiger partial charge in [-0.1, -0.05) is 12.8 Å². The van der Waals surface area contributed by atoms with Gasteiger partial charge in [0.25, 0.3) is 0 Å². The molecule has 3 N–H and O–H groups in total. The number of amides is 2. The van der Waals surface area contributed by atoms with Crippen molar-refractivity contribution in [1.29, 1.82) is 0 Å². The summed E-state index contributed by atoms with van der Waals surface area (Å²) in [4.78, 5) is 24.3. The molecule has 0 unspecified atom stereocenters. The Balaban J connectivity index is 1.31. The predicted molar refractivity (Wildman–Crippen MR) is 89.8 cm³/mol. The third-order valence-corrected chi connectivity index (χ3v) is 5.84. The van der Waals surface area contributed by atoms with Crippen LogP contribution in [0.25, 0.3) is 0 Å². The summed E-state index contributed by atoms with van der Waals surface area (Å²) < 4.78 is 0. The van der Waals surface area contributed by atoms with Crippen molar-refractivity contribution in [1.82, 2.24) is 16.0 Å². The lowest BCUT2D eigenvalue weighted by Gasteiger charge is -2.31. The molecule has 23 heavy (non-hydrogen) atoms. The summed E-state index contributed by atoms with van der Waals surface area (Å²) in [5, 5.41) is 9.51. The summed E-state index contributed by atoms with van der Waals surface area (Å²) in [6.07, 6.45) is 9.42. The highest BCUT2D eigenvalue weighted by atomic mass is 16.2. The first-order chi connectivity index (χ1) is 11.2. The maximum atomic E-state index is 12.2. The van der Waals surface area contributed by atoms with Crippen molar-refractivity contribution in [2.24, 2.45) is 17.8 Å². The van der Waals surface area contributed by atoms with Crippen molar-refractivity contribution in [2.45, 2.75) is 63.8 Å². The van der Waals surface area contributed by atoms with Crippen molar-refractivity contribution in [3.05, 3.63) is 0 Å². The van der Waals surface area contributed by atoms with Gasteiger partial charge < -0.3 is 16.0 Å². The molecule has 1 aliphatic heterocycles. The van der Waals surface area contributed by atoms with Crippen LogP contribution in [-0.4, -0.2) is 37.5 Å². The second kappa shape index (κ2) is 8.13. The molecule has 2 aliphatic carbocycles. The van der Waals surface area contributed by atoms with Gasteiger partial charge in [0.1, 0.15) is 0 Å². The Morgan fingerprint density at radius 3 is 2.22 bits per heavy atom. The summed E-state index contributed by atoms with van der Waals surface area (Å²) in [5.41, 5.74) is 0. The van der Waals surface area contributed by atoms with E-state index in [0.29, 0.717) is 18.3 Å². The maximum Gasteiger partial charge on any atom is 0.223 e. The van der Waals surface area contributed by atoms with Crippen LogP contribution in [0.4, 0.5) is 0 Å². The van der Waals surface area contributed by atoms with Gasteiger partial charge in [0.05, 0.1) is 0 Å². The van der Waals surface area contributed by atoms with Gasteiger partial charge in [0, 0.05) is 43.9 Å². The number of hydrogen-bond acceptors (Lipinski definition) is 3. The number of nitrogens with one attached hydrogen (secondary N) is 3. The highest BCUT2D eigenvalue weighted by molar-refractivity contribution is 5.79. The Bertz CT molecular complexity index is 408. The van der Waals surface area contributed by atoms with Gasteiger partial charge in [-0.3, -0.25) is 9.59 Å². The number of carbonyl (C=O) groups excluding carboxylic acids is 2. The molecule has 1 heterocycles. The first-order valence-electron chi connectivity index (χ1n) is 9.48. The van der Waals surface area contributed by atoms with E-state index in [0.717, 1.165) is 45.3 Å². The van der Waals surface area contributed by atoms with Crippen LogP contribution >= 0.6 is 0 Å². The molecule has 0 aromatic heterocycles. The van der Waals surface area contributed by atoms with E-state index in [-0.39, 0.29) is 23.8 Å². The van der Waals surface area contributed by atoms with E-state index in [2.05, 4.69) is 16.0 Å². The second-order valence-electron chi connectivity index (χ2n) is 7.74. The molecule has 0 spiro atoms. The Morgan fingerprint density at radius 1 is 0.913 bits per heavy atom. The van der Waals surface area contributed by atoms with Crippen LogP contribution in [0, 0.1) is 17.8 Å². The van der Waals surface area contributed by atoms with E-state index >= 15 is 0 Å². The highest BCUT2D eigenvalue weighted by Crippen LogP contribution is 2.28. The molecule has 5 nitrogen and oxygen atoms in total. The second-order valence-corrected chi connectivity index (χ2v) is 7.74. The highest BCUT2D eigenvalue weighted by Gasteiger charge is 2.28. The quantitative estimate of drug-likeness (QED) is 0.695. The fourth-order valence-corrected chi connectivity index (χ4v) is 4.15. The van der Waals surface area contributed by atoms with E-state index in [1.165, 1.54) is 25.7 Å². The summed E-state index contributed by atoms with van der Waals surface area (Å²) in [5.74, 6) is 1.81. The minimum atomic E-state index is 0.144. The lowest BCUT2D eigenvalue weighted by atomic mass is 9.85. The Morgan fingerprint density at radius 2 is 1.61 bits per heavy atom. The zero-order valence-corrected chi connectivity index (χ0v) is 14.1. The van der Waals surface area contributed by atoms with Crippen molar-refractivity contribution >= 4 is 11.8 Å². The zero-order valence-electron chi connectivity index (χ0n) is 14.1. The van der Waals surface area contributed by atoms with Gasteiger partial charge in [-0.25, -0.2) is 0 Å². The molecule has 0 aromatic rings. The fraction of sp³-hybridized carbons (Fsp3) is 0.889. The van der Waals surface area contributed by atoms with Crippen LogP contribution in [0.1, 0.15) is 57.8 Å². The zero-order chi connectivity index (χ0) is 16.1. The molecule has 0 bridgehead atoms. The van der Waals surface area contributed by atoms with E-state index in [1.54, 1.807) is 0 Å². The third kappa shape index (κ3) is 4.93. The largest absolute Gasteiger partial charge is 0.355 e. The monoisotopic (exact) mass is 321 g/mol. The molecule has 2 saturated carbocycles. The van der Waals surface area contributed by atoms with Gasteiger partial charge in [0.2, 0.25) is 11.8 Å². The van der Waals surface area contributed by atoms with Crippen molar-refractivity contribution in [3.8, 4) is 0 Å². The average Bonchev–Trinajstić information content (AvgIpc) is 2.99. The van der Waals surface area contributed by atoms with E-state index in [1.807, 2.05) is 0 Å². The van der Waals surface area contributed by atoms with E-state index < -0.39 is 0 Å². The average molecular weight is 321 g/mol. The van der Waals surface area contributed by atoms with Gasteiger partial charge in [-0.2, -0.15) is 0 Å². The van der Waals surface area contributed by atoms with Gasteiger partial charge >= 0.3 is 0 Å². The Labute approximate surface area is 139 Å². The van der Waals surface area contributed by atoms with Gasteiger partial charge in [-0.05, 0) is 44.4 Å². The molecular formula is C18H31N3O2. The van der Waals surface area contributed by atoms with Crippen molar-refractivity contribution in [3.63, 3.8) is 0 Å². The molecule has 0 atom stereocenters. The first kappa shape index (κ1) is 16.7. The lowest BCUT2D eigenvalue weighted by molar-refractivity contribution is -0.126. The number of hydrogen-bond donors (Lipinski definition) is 3. The number of carbonyl (C=O) groups is 2. The molecular weight excluding hydrogens is 290 g/mol. The summed E-state index contributed by atoms with van der Waals surface area (Å²) in [6.45, 7) is 2.87. The molecule has 3 aliphatic rings. The summed E-state index contributed by atoms with van der Waals surface area (Å²) in [7, 11) is 0. The minimum Gasteiger partial charge on any atom is -0.355 e. The van der Waals surface area contributed by atoms with Crippen LogP contribution < -0.4 is 16.0 Å². The smallest absolute Gasteiger partial charge is 0.223 e. The normalized spacial score (nSPS) is 29.0. The molecule has 3 fully saturated rings. The maximum absolute atomic E-state index is 12.2. The SMILES string of the molecule is O=C(CC1CCCC1)NC1CCC(C(=O)NCC2CNC2)CC1. The molecule has 2 amide bonds. The fourth-order valence-electron chi connectivity index (χ4n) is 4.15. The van der Waals surface area contributed by atoms with Crippen molar-refractivity contribution < 1.29 is 9.59 Å². The molecule has 0 radical (unpaired) electrons. The number of rotatable bonds is 6. The molecule has 5 heteroatoms. The molecule has 0 aromatic carbocycles. The molecule has 3 rings (SSSR count). The molecule has 130 valence electrons. The molecule has 1 saturated heterocycles. The lowest BCUT2D eigenvalue weighted by Crippen LogP contribution is -2.49. The van der Waals surface area contributed by atoms with E-state index in [9.17, 15) is 9.59 Å². The summed E-state index contributed by atoms with van der Waals surface area (Å²) >= 11 is 0. The van der Waals surface area contributed by atoms with E-state index in [4.69, 9.17) is 0 Å². The first-order valence-corrected chi connectivity index (χ1v) is 9.48. The standard InChI is InChI=1S/C18H31N3O2/c22-17(9-13-3-1-2-4-13)21-16-7-5-15(6-8-16)18(23)20-12-14-10-19-11-14/h13-16,19H,1-12H2,(H,20,23)(H,21,22). The topological polar surface area (TPSA) is 70.2 Å².